The van der Waals surface area contributed by atoms with Gasteiger partial charge in [0.25, 0.3) is 0 Å². The number of rotatable bonds is 4. The van der Waals surface area contributed by atoms with Crippen LogP contribution in [0.4, 0.5) is 4.39 Å². The maximum absolute atomic E-state index is 13.1. The zero-order valence-electron chi connectivity index (χ0n) is 17.0. The Morgan fingerprint density at radius 1 is 1.23 bits per heavy atom. The van der Waals surface area contributed by atoms with Gasteiger partial charge in [-0.3, -0.25) is 0 Å². The molecule has 0 saturated heterocycles. The monoisotopic (exact) mass is 439 g/mol. The predicted octanol–water partition coefficient (Wildman–Crippen LogP) is 7.55. The Hall–Kier alpha value is -0.195. The Balaban J connectivity index is -0.000000266. The Morgan fingerprint density at radius 3 is 2.15 bits per heavy atom. The lowest BCUT2D eigenvalue weighted by atomic mass is 10.2. The molecule has 0 aliphatic carbocycles. The van der Waals surface area contributed by atoms with Crippen LogP contribution in [0.2, 0.25) is 11.8 Å². The van der Waals surface area contributed by atoms with Gasteiger partial charge < -0.3 is 4.74 Å². The van der Waals surface area contributed by atoms with E-state index in [2.05, 4.69) is 62.2 Å². The first-order chi connectivity index (χ1) is 12.4. The molecule has 1 aromatic carbocycles. The van der Waals surface area contributed by atoms with Crippen molar-refractivity contribution in [3.05, 3.63) is 35.1 Å². The second-order valence-electron chi connectivity index (χ2n) is 4.52. The van der Waals surface area contributed by atoms with E-state index >= 15 is 0 Å². The van der Waals surface area contributed by atoms with E-state index < -0.39 is 5.82 Å². The molecular formula is C18H32BClFNOS3. The van der Waals surface area contributed by atoms with Crippen LogP contribution in [-0.4, -0.2) is 25.1 Å². The molecule has 8 heteroatoms. The van der Waals surface area contributed by atoms with E-state index in [9.17, 15) is 4.39 Å². The highest BCUT2D eigenvalue weighted by Gasteiger charge is 2.08. The van der Waals surface area contributed by atoms with Crippen molar-refractivity contribution in [2.75, 3.05) is 6.61 Å². The molecule has 0 bridgehead atoms. The minimum absolute atomic E-state index is 0.0704. The SMILES string of the molecule is CC.CC.CC(C)(C)SN=C=CCOc1ccc(Cl)c(F)c1.SS.[B]C. The molecule has 26 heavy (non-hydrogen) atoms. The maximum Gasteiger partial charge on any atom is 0.145 e. The van der Waals surface area contributed by atoms with Crippen LogP contribution in [0.1, 0.15) is 48.5 Å². The van der Waals surface area contributed by atoms with Crippen LogP contribution in [0.5, 0.6) is 5.75 Å². The second kappa shape index (κ2) is 24.8. The first kappa shape index (κ1) is 33.4. The van der Waals surface area contributed by atoms with E-state index in [4.69, 9.17) is 16.3 Å². The quantitative estimate of drug-likeness (QED) is 0.166. The van der Waals surface area contributed by atoms with Gasteiger partial charge in [0.1, 0.15) is 18.2 Å². The van der Waals surface area contributed by atoms with Crippen LogP contribution >= 0.6 is 46.9 Å². The van der Waals surface area contributed by atoms with Gasteiger partial charge in [-0.2, -0.15) is 4.40 Å². The molecule has 1 rings (SSSR count). The molecule has 2 nitrogen and oxygen atoms in total. The number of halogens is 2. The number of hydrogen-bond acceptors (Lipinski definition) is 5. The highest BCUT2D eigenvalue weighted by molar-refractivity contribution is 8.59. The van der Waals surface area contributed by atoms with E-state index in [1.54, 1.807) is 12.1 Å². The van der Waals surface area contributed by atoms with Crippen molar-refractivity contribution >= 4 is 60.6 Å². The fourth-order valence-corrected chi connectivity index (χ4v) is 1.46. The molecule has 0 aliphatic rings. The van der Waals surface area contributed by atoms with E-state index in [1.807, 2.05) is 27.7 Å². The molecule has 0 saturated carbocycles. The summed E-state index contributed by atoms with van der Waals surface area (Å²) >= 11 is 13.4. The minimum atomic E-state index is -0.491. The molecule has 0 amide bonds. The Bertz CT molecular complexity index is 480. The Kier molecular flexibility index (Phi) is 31.9. The summed E-state index contributed by atoms with van der Waals surface area (Å²) in [7, 11) is 4.50. The number of hydrogen-bond donors (Lipinski definition) is 2. The Morgan fingerprint density at radius 2 is 1.73 bits per heavy atom. The lowest BCUT2D eigenvalue weighted by Crippen LogP contribution is -2.04. The summed E-state index contributed by atoms with van der Waals surface area (Å²) in [5.74, 6) is 2.69. The van der Waals surface area contributed by atoms with Crippen molar-refractivity contribution in [1.29, 1.82) is 0 Å². The normalized spacial score (nSPS) is 8.31. The van der Waals surface area contributed by atoms with E-state index in [1.165, 1.54) is 30.9 Å². The van der Waals surface area contributed by atoms with Crippen molar-refractivity contribution < 1.29 is 9.13 Å². The fourth-order valence-electron chi connectivity index (χ4n) is 0.942. The van der Waals surface area contributed by atoms with Gasteiger partial charge in [0.05, 0.1) is 12.9 Å². The maximum atomic E-state index is 13.1. The molecule has 2 radical (unpaired) electrons. The molecule has 0 spiro atoms. The summed E-state index contributed by atoms with van der Waals surface area (Å²) in [5, 5.41) is 0.0843. The third kappa shape index (κ3) is 23.8. The number of benzene rings is 1. The van der Waals surface area contributed by atoms with Gasteiger partial charge in [-0.1, -0.05) is 46.1 Å². The smallest absolute Gasteiger partial charge is 0.145 e. The van der Waals surface area contributed by atoms with Gasteiger partial charge in [-0.25, -0.2) is 4.39 Å². The molecule has 0 fully saturated rings. The molecule has 0 heterocycles. The minimum Gasteiger partial charge on any atom is -0.489 e. The largest absolute Gasteiger partial charge is 0.489 e. The van der Waals surface area contributed by atoms with Crippen LogP contribution in [-0.2, 0) is 0 Å². The summed E-state index contributed by atoms with van der Waals surface area (Å²) in [5.41, 5.74) is 0. The standard InChI is InChI=1S/C13H15ClFNOS.2C2H6.CH3B.H2S2/c1-13(2,3)18-16-7-4-8-17-10-5-6-11(14)12(15)9-10;4*1-2/h4-6,9H,8H2,1-3H3;2*1-2H3;1H3;1-2H. The highest BCUT2D eigenvalue weighted by atomic mass is 35.5. The summed E-state index contributed by atoms with van der Waals surface area (Å²) in [6.45, 7) is 16.0. The topological polar surface area (TPSA) is 21.6 Å². The second-order valence-corrected chi connectivity index (χ2v) is 6.51. The van der Waals surface area contributed by atoms with E-state index in [0.717, 1.165) is 0 Å². The van der Waals surface area contributed by atoms with Crippen molar-refractivity contribution in [2.24, 2.45) is 4.40 Å². The molecular weight excluding hydrogens is 408 g/mol. The molecule has 0 aromatic heterocycles. The lowest BCUT2D eigenvalue weighted by Gasteiger charge is -2.10. The van der Waals surface area contributed by atoms with Crippen LogP contribution in [0, 0.1) is 5.82 Å². The molecule has 0 aliphatic heterocycles. The van der Waals surface area contributed by atoms with Gasteiger partial charge in [-0.15, -0.1) is 23.3 Å². The lowest BCUT2D eigenvalue weighted by molar-refractivity contribution is 0.362. The fraction of sp³-hybridized carbons (Fsp3) is 0.556. The van der Waals surface area contributed by atoms with Crippen molar-refractivity contribution in [3.63, 3.8) is 0 Å². The molecule has 0 N–H and O–H groups in total. The van der Waals surface area contributed by atoms with Crippen LogP contribution in [0.3, 0.4) is 0 Å². The molecule has 1 aromatic rings. The molecule has 150 valence electrons. The summed E-state index contributed by atoms with van der Waals surface area (Å²) in [4.78, 5) is 0. The van der Waals surface area contributed by atoms with Gasteiger partial charge in [0.15, 0.2) is 0 Å². The van der Waals surface area contributed by atoms with Gasteiger partial charge in [0, 0.05) is 16.9 Å². The first-order valence-electron chi connectivity index (χ1n) is 8.19. The number of ether oxygens (including phenoxy) is 1. The summed E-state index contributed by atoms with van der Waals surface area (Å²) < 4.78 is 22.5. The third-order valence-electron chi connectivity index (χ3n) is 1.69. The average molecular weight is 440 g/mol. The van der Waals surface area contributed by atoms with Crippen LogP contribution < -0.4 is 4.74 Å². The predicted molar refractivity (Wildman–Crippen MR) is 129 cm³/mol. The summed E-state index contributed by atoms with van der Waals surface area (Å²) in [6.07, 6.45) is 1.64. The molecule has 0 atom stereocenters. The van der Waals surface area contributed by atoms with Crippen molar-refractivity contribution in [1.82, 2.24) is 0 Å². The van der Waals surface area contributed by atoms with Crippen LogP contribution in [0.25, 0.3) is 0 Å². The zero-order valence-corrected chi connectivity index (χ0v) is 20.4. The van der Waals surface area contributed by atoms with Crippen LogP contribution in [0.15, 0.2) is 28.7 Å². The number of nitrogens with zero attached hydrogens (tertiary/aromatic N) is 1. The van der Waals surface area contributed by atoms with Crippen molar-refractivity contribution in [2.45, 2.75) is 60.0 Å². The zero-order chi connectivity index (χ0) is 21.6. The van der Waals surface area contributed by atoms with E-state index in [-0.39, 0.29) is 16.4 Å². The van der Waals surface area contributed by atoms with E-state index in [0.29, 0.717) is 5.75 Å². The van der Waals surface area contributed by atoms with Gasteiger partial charge in [0.2, 0.25) is 0 Å². The Labute approximate surface area is 181 Å². The number of thiol groups is 2. The first-order valence-corrected chi connectivity index (χ1v) is 10.9. The van der Waals surface area contributed by atoms with Crippen molar-refractivity contribution in [3.8, 4) is 5.75 Å². The third-order valence-corrected chi connectivity index (χ3v) is 2.74. The van der Waals surface area contributed by atoms with Gasteiger partial charge in [-0.05, 0) is 50.7 Å². The molecule has 0 unspecified atom stereocenters. The summed E-state index contributed by atoms with van der Waals surface area (Å²) in [6, 6.07) is 4.32. The average Bonchev–Trinajstić information content (AvgIpc) is 2.67. The highest BCUT2D eigenvalue weighted by Crippen LogP contribution is 2.23. The van der Waals surface area contributed by atoms with Gasteiger partial charge >= 0.3 is 0 Å².